The van der Waals surface area contributed by atoms with Crippen molar-refractivity contribution in [2.45, 2.75) is 44.6 Å². The second-order valence-corrected chi connectivity index (χ2v) is 8.92. The van der Waals surface area contributed by atoms with E-state index in [-0.39, 0.29) is 0 Å². The Hall–Kier alpha value is -1.78. The first kappa shape index (κ1) is 17.1. The van der Waals surface area contributed by atoms with Crippen LogP contribution in [0.25, 0.3) is 0 Å². The van der Waals surface area contributed by atoms with Crippen molar-refractivity contribution in [2.24, 2.45) is 0 Å². The first-order chi connectivity index (χ1) is 11.8. The zero-order valence-corrected chi connectivity index (χ0v) is 15.3. The van der Waals surface area contributed by atoms with E-state index in [0.29, 0.717) is 12.1 Å². The maximum Gasteiger partial charge on any atom is 0.635 e. The maximum absolute atomic E-state index is 6.48. The highest BCUT2D eigenvalue weighted by Gasteiger charge is 2.54. The van der Waals surface area contributed by atoms with Crippen LogP contribution >= 0.6 is 0 Å². The normalized spacial score (nSPS) is 15.9. The molecular formula is C20H26O3Si. The summed E-state index contributed by atoms with van der Waals surface area (Å²) in [6.07, 6.45) is 5.98. The third kappa shape index (κ3) is 4.19. The van der Waals surface area contributed by atoms with Crippen molar-refractivity contribution in [2.75, 3.05) is 6.61 Å². The van der Waals surface area contributed by atoms with Crippen LogP contribution < -0.4 is 8.85 Å². The van der Waals surface area contributed by atoms with Gasteiger partial charge in [-0.05, 0) is 44.0 Å². The second-order valence-electron chi connectivity index (χ2n) is 6.20. The van der Waals surface area contributed by atoms with Crippen molar-refractivity contribution in [3.63, 3.8) is 0 Å². The molecule has 3 rings (SSSR count). The molecule has 0 atom stereocenters. The molecule has 1 aliphatic carbocycles. The summed E-state index contributed by atoms with van der Waals surface area (Å²) >= 11 is 0. The molecule has 0 radical (unpaired) electrons. The van der Waals surface area contributed by atoms with Crippen molar-refractivity contribution in [3.05, 3.63) is 60.7 Å². The van der Waals surface area contributed by atoms with Gasteiger partial charge in [-0.1, -0.05) is 55.7 Å². The fourth-order valence-corrected chi connectivity index (χ4v) is 6.50. The molecule has 4 heteroatoms. The predicted octanol–water partition coefficient (Wildman–Crippen LogP) is 5.45. The van der Waals surface area contributed by atoms with Gasteiger partial charge in [0, 0.05) is 6.61 Å². The Morgan fingerprint density at radius 1 is 0.792 bits per heavy atom. The Labute approximate surface area is 145 Å². The van der Waals surface area contributed by atoms with Gasteiger partial charge in [0.2, 0.25) is 0 Å². The summed E-state index contributed by atoms with van der Waals surface area (Å²) in [4.78, 5) is 0. The van der Waals surface area contributed by atoms with Gasteiger partial charge in [0.1, 0.15) is 11.5 Å². The van der Waals surface area contributed by atoms with Gasteiger partial charge in [0.15, 0.2) is 0 Å². The van der Waals surface area contributed by atoms with Gasteiger partial charge in [-0.3, -0.25) is 0 Å². The Morgan fingerprint density at radius 3 is 1.75 bits per heavy atom. The van der Waals surface area contributed by atoms with Gasteiger partial charge in [0.05, 0.1) is 5.54 Å². The molecule has 0 saturated heterocycles. The fraction of sp³-hybridized carbons (Fsp3) is 0.400. The lowest BCUT2D eigenvalue weighted by Crippen LogP contribution is -2.56. The highest BCUT2D eigenvalue weighted by atomic mass is 28.4. The maximum atomic E-state index is 6.48. The van der Waals surface area contributed by atoms with Crippen molar-refractivity contribution < 1.29 is 13.3 Å². The molecule has 0 bridgehead atoms. The van der Waals surface area contributed by atoms with Crippen LogP contribution in [-0.4, -0.2) is 15.4 Å². The molecule has 0 amide bonds. The first-order valence-corrected chi connectivity index (χ1v) is 10.7. The summed E-state index contributed by atoms with van der Waals surface area (Å²) in [5.74, 6) is 1.67. The van der Waals surface area contributed by atoms with Gasteiger partial charge in [-0.15, -0.1) is 0 Å². The Morgan fingerprint density at radius 2 is 1.29 bits per heavy atom. The highest BCUT2D eigenvalue weighted by Crippen LogP contribution is 2.39. The molecule has 128 valence electrons. The number of hydrogen-bond donors (Lipinski definition) is 0. The van der Waals surface area contributed by atoms with E-state index in [1.807, 2.05) is 67.6 Å². The van der Waals surface area contributed by atoms with E-state index in [9.17, 15) is 0 Å². The molecule has 24 heavy (non-hydrogen) atoms. The molecule has 2 aromatic carbocycles. The largest absolute Gasteiger partial charge is 0.635 e. The summed E-state index contributed by atoms with van der Waals surface area (Å²) in [6.45, 7) is 2.62. The molecule has 3 nitrogen and oxygen atoms in total. The van der Waals surface area contributed by atoms with E-state index < -0.39 is 8.80 Å². The van der Waals surface area contributed by atoms with E-state index in [0.717, 1.165) is 24.3 Å². The van der Waals surface area contributed by atoms with E-state index in [2.05, 4.69) is 0 Å². The molecule has 0 N–H and O–H groups in total. The van der Waals surface area contributed by atoms with E-state index in [1.54, 1.807) is 0 Å². The minimum Gasteiger partial charge on any atom is -0.492 e. The van der Waals surface area contributed by atoms with Crippen LogP contribution in [0, 0.1) is 0 Å². The highest BCUT2D eigenvalue weighted by molar-refractivity contribution is 6.64. The zero-order chi connectivity index (χ0) is 16.7. The van der Waals surface area contributed by atoms with E-state index >= 15 is 0 Å². The van der Waals surface area contributed by atoms with Crippen LogP contribution in [0.4, 0.5) is 0 Å². The molecule has 0 aliphatic heterocycles. The Kier molecular flexibility index (Phi) is 5.94. The number of benzene rings is 2. The summed E-state index contributed by atoms with van der Waals surface area (Å²) < 4.78 is 19.2. The zero-order valence-electron chi connectivity index (χ0n) is 14.3. The standard InChI is InChI=1S/C20H26O3Si/c1-2-21-24(20-16-10-5-11-17-20,22-18-12-6-3-7-13-18)23-19-14-8-4-9-15-19/h3-4,6-9,12-15,20H,2,5,10-11,16-17H2,1H3. The fourth-order valence-electron chi connectivity index (χ4n) is 3.33. The smallest absolute Gasteiger partial charge is 0.492 e. The molecular weight excluding hydrogens is 316 g/mol. The minimum atomic E-state index is -2.88. The van der Waals surface area contributed by atoms with Gasteiger partial charge in [-0.25, -0.2) is 0 Å². The monoisotopic (exact) mass is 342 g/mol. The SMILES string of the molecule is CCO[Si](Oc1ccccc1)(Oc1ccccc1)C1CCCCC1. The van der Waals surface area contributed by atoms with Crippen LogP contribution in [0.15, 0.2) is 60.7 Å². The predicted molar refractivity (Wildman–Crippen MR) is 98.4 cm³/mol. The van der Waals surface area contributed by atoms with Crippen LogP contribution in [0.5, 0.6) is 11.5 Å². The molecule has 0 heterocycles. The van der Waals surface area contributed by atoms with Crippen molar-refractivity contribution >= 4 is 8.80 Å². The molecule has 1 aliphatic rings. The minimum absolute atomic E-state index is 0.353. The lowest BCUT2D eigenvalue weighted by molar-refractivity contribution is 0.152. The van der Waals surface area contributed by atoms with Crippen molar-refractivity contribution in [1.29, 1.82) is 0 Å². The van der Waals surface area contributed by atoms with Gasteiger partial charge in [-0.2, -0.15) is 0 Å². The summed E-state index contributed by atoms with van der Waals surface area (Å²) in [5.41, 5.74) is 0.353. The molecule has 0 aromatic heterocycles. The molecule has 1 fully saturated rings. The lowest BCUT2D eigenvalue weighted by atomic mass is 10.0. The van der Waals surface area contributed by atoms with Gasteiger partial charge < -0.3 is 13.3 Å². The van der Waals surface area contributed by atoms with Crippen LogP contribution in [0.3, 0.4) is 0 Å². The van der Waals surface area contributed by atoms with Crippen molar-refractivity contribution in [1.82, 2.24) is 0 Å². The number of para-hydroxylation sites is 2. The lowest BCUT2D eigenvalue weighted by Gasteiger charge is -2.37. The Balaban J connectivity index is 1.92. The molecule has 0 unspecified atom stereocenters. The number of rotatable bonds is 7. The summed E-state index contributed by atoms with van der Waals surface area (Å²) in [7, 11) is -2.88. The average molecular weight is 343 g/mol. The van der Waals surface area contributed by atoms with Gasteiger partial charge in [0.25, 0.3) is 0 Å². The van der Waals surface area contributed by atoms with E-state index in [4.69, 9.17) is 13.3 Å². The molecule has 2 aromatic rings. The van der Waals surface area contributed by atoms with Crippen LogP contribution in [0.1, 0.15) is 39.0 Å². The first-order valence-electron chi connectivity index (χ1n) is 8.94. The quantitative estimate of drug-likeness (QED) is 0.626. The van der Waals surface area contributed by atoms with Crippen molar-refractivity contribution in [3.8, 4) is 11.5 Å². The summed E-state index contributed by atoms with van der Waals surface area (Å²) in [5, 5.41) is 0. The van der Waals surface area contributed by atoms with Crippen LogP contribution in [0.2, 0.25) is 5.54 Å². The summed E-state index contributed by atoms with van der Waals surface area (Å²) in [6, 6.07) is 19.9. The third-order valence-electron chi connectivity index (χ3n) is 4.46. The van der Waals surface area contributed by atoms with Crippen LogP contribution in [-0.2, 0) is 4.43 Å². The average Bonchev–Trinajstić information content (AvgIpc) is 2.64. The number of hydrogen-bond acceptors (Lipinski definition) is 3. The third-order valence-corrected chi connectivity index (χ3v) is 7.77. The molecule has 0 spiro atoms. The topological polar surface area (TPSA) is 27.7 Å². The Bertz CT molecular complexity index is 555. The second kappa shape index (κ2) is 8.35. The van der Waals surface area contributed by atoms with E-state index in [1.165, 1.54) is 19.3 Å². The molecule has 1 saturated carbocycles. The van der Waals surface area contributed by atoms with Gasteiger partial charge >= 0.3 is 8.80 Å².